The summed E-state index contributed by atoms with van der Waals surface area (Å²) < 4.78 is 5.31. The summed E-state index contributed by atoms with van der Waals surface area (Å²) in [5, 5.41) is 20.0. The molecule has 0 unspecified atom stereocenters. The van der Waals surface area contributed by atoms with E-state index in [0.29, 0.717) is 18.4 Å². The molecule has 0 aromatic carbocycles. The second-order valence-electron chi connectivity index (χ2n) is 6.57. The molecule has 6 nitrogen and oxygen atoms in total. The number of allylic oxidation sites excluding steroid dienone is 1. The number of ketones is 1. The van der Waals surface area contributed by atoms with E-state index in [4.69, 9.17) is 4.74 Å². The molecule has 4 atom stereocenters. The largest absolute Gasteiger partial charge is 0.478 e. The Kier molecular flexibility index (Phi) is 4.48. The molecule has 0 heterocycles. The molecule has 2 aliphatic rings. The molecule has 2 rings (SSSR count). The van der Waals surface area contributed by atoms with Crippen LogP contribution in [0.25, 0.3) is 0 Å². The van der Waals surface area contributed by atoms with Gasteiger partial charge < -0.3 is 14.9 Å². The molecule has 23 heavy (non-hydrogen) atoms. The maximum absolute atomic E-state index is 12.4. The number of carbonyl (C=O) groups is 3. The van der Waals surface area contributed by atoms with E-state index in [1.54, 1.807) is 6.92 Å². The van der Waals surface area contributed by atoms with E-state index in [2.05, 4.69) is 0 Å². The van der Waals surface area contributed by atoms with E-state index >= 15 is 0 Å². The van der Waals surface area contributed by atoms with Gasteiger partial charge in [-0.1, -0.05) is 13.8 Å². The number of carboxylic acids is 1. The first kappa shape index (κ1) is 17.4. The van der Waals surface area contributed by atoms with E-state index in [-0.39, 0.29) is 17.1 Å². The molecule has 0 amide bonds. The van der Waals surface area contributed by atoms with E-state index < -0.39 is 35.3 Å². The van der Waals surface area contributed by atoms with Crippen molar-refractivity contribution in [3.8, 4) is 0 Å². The number of aliphatic hydroxyl groups excluding tert-OH is 1. The van der Waals surface area contributed by atoms with Crippen LogP contribution in [0.1, 0.15) is 40.5 Å². The summed E-state index contributed by atoms with van der Waals surface area (Å²) in [5.41, 5.74) is -0.496. The zero-order valence-corrected chi connectivity index (χ0v) is 13.8. The van der Waals surface area contributed by atoms with Crippen LogP contribution in [-0.2, 0) is 19.1 Å². The minimum absolute atomic E-state index is 0.0141. The number of hydrogen-bond acceptors (Lipinski definition) is 5. The lowest BCUT2D eigenvalue weighted by Gasteiger charge is -2.50. The average molecular weight is 322 g/mol. The Bertz CT molecular complexity index is 629. The van der Waals surface area contributed by atoms with Gasteiger partial charge >= 0.3 is 11.9 Å². The van der Waals surface area contributed by atoms with Crippen LogP contribution in [0.4, 0.5) is 0 Å². The zero-order valence-electron chi connectivity index (χ0n) is 13.8. The van der Waals surface area contributed by atoms with Gasteiger partial charge in [0.1, 0.15) is 6.10 Å². The Morgan fingerprint density at radius 1 is 1.30 bits per heavy atom. The number of hydrogen-bond donors (Lipinski definition) is 2. The molecular formula is C17H22O6. The molecule has 0 saturated heterocycles. The summed E-state index contributed by atoms with van der Waals surface area (Å²) >= 11 is 0. The van der Waals surface area contributed by atoms with Crippen molar-refractivity contribution in [3.63, 3.8) is 0 Å². The molecule has 1 fully saturated rings. The molecule has 0 bridgehead atoms. The highest BCUT2D eigenvalue weighted by atomic mass is 16.5. The highest BCUT2D eigenvalue weighted by Gasteiger charge is 2.53. The van der Waals surface area contributed by atoms with Crippen molar-refractivity contribution >= 4 is 17.7 Å². The van der Waals surface area contributed by atoms with Gasteiger partial charge in [-0.2, -0.15) is 0 Å². The normalized spacial score (nSPS) is 36.0. The highest BCUT2D eigenvalue weighted by molar-refractivity contribution is 6.11. The number of carbonyl (C=O) groups excluding carboxylic acids is 2. The van der Waals surface area contributed by atoms with Gasteiger partial charge in [-0.25, -0.2) is 4.79 Å². The first-order valence-electron chi connectivity index (χ1n) is 7.66. The third-order valence-corrected chi connectivity index (χ3v) is 5.28. The summed E-state index contributed by atoms with van der Waals surface area (Å²) in [6.45, 7) is 6.37. The molecule has 0 aliphatic heterocycles. The van der Waals surface area contributed by atoms with E-state index in [0.717, 1.165) is 0 Å². The maximum atomic E-state index is 12.4. The lowest BCUT2D eigenvalue weighted by atomic mass is 9.56. The van der Waals surface area contributed by atoms with Gasteiger partial charge in [-0.05, 0) is 37.3 Å². The number of fused-ring (bicyclic) bond motifs is 1. The Hall–Kier alpha value is -1.95. The fourth-order valence-electron chi connectivity index (χ4n) is 3.65. The van der Waals surface area contributed by atoms with Gasteiger partial charge in [0.15, 0.2) is 5.78 Å². The van der Waals surface area contributed by atoms with Crippen LogP contribution in [0.3, 0.4) is 0 Å². The van der Waals surface area contributed by atoms with Crippen molar-refractivity contribution in [1.29, 1.82) is 0 Å². The average Bonchev–Trinajstić information content (AvgIpc) is 2.45. The van der Waals surface area contributed by atoms with Gasteiger partial charge in [0.2, 0.25) is 0 Å². The van der Waals surface area contributed by atoms with E-state index in [1.165, 1.54) is 19.9 Å². The fraction of sp³-hybridized carbons (Fsp3) is 0.588. The van der Waals surface area contributed by atoms with Gasteiger partial charge in [0.25, 0.3) is 0 Å². The first-order chi connectivity index (χ1) is 10.6. The van der Waals surface area contributed by atoms with E-state index in [9.17, 15) is 24.6 Å². The van der Waals surface area contributed by atoms with Crippen molar-refractivity contribution in [2.45, 2.75) is 52.7 Å². The molecule has 2 N–H and O–H groups in total. The molecule has 6 heteroatoms. The summed E-state index contributed by atoms with van der Waals surface area (Å²) in [6.07, 6.45) is 0.839. The topological polar surface area (TPSA) is 101 Å². The van der Waals surface area contributed by atoms with Gasteiger partial charge in [-0.15, -0.1) is 0 Å². The monoisotopic (exact) mass is 322 g/mol. The smallest absolute Gasteiger partial charge is 0.331 e. The molecule has 0 spiro atoms. The van der Waals surface area contributed by atoms with Crippen LogP contribution < -0.4 is 0 Å². The predicted molar refractivity (Wildman–Crippen MR) is 81.5 cm³/mol. The minimum atomic E-state index is -1.24. The van der Waals surface area contributed by atoms with Gasteiger partial charge in [0, 0.05) is 23.5 Å². The maximum Gasteiger partial charge on any atom is 0.331 e. The van der Waals surface area contributed by atoms with Crippen LogP contribution in [0.15, 0.2) is 22.8 Å². The summed E-state index contributed by atoms with van der Waals surface area (Å²) in [4.78, 5) is 34.9. The SMILES string of the molecule is CC(=O)O[C@@H]1CC[C@H](C)[C@]2(C)C1=CC(=O)/C(=C(/C)C(=O)O)[C@@H]2O. The van der Waals surface area contributed by atoms with Crippen molar-refractivity contribution < 1.29 is 29.3 Å². The highest BCUT2D eigenvalue weighted by Crippen LogP contribution is 2.52. The Morgan fingerprint density at radius 2 is 1.91 bits per heavy atom. The molecule has 126 valence electrons. The molecule has 2 aliphatic carbocycles. The lowest BCUT2D eigenvalue weighted by molar-refractivity contribution is -0.148. The van der Waals surface area contributed by atoms with Gasteiger partial charge in [0.05, 0.1) is 6.10 Å². The third kappa shape index (κ3) is 2.72. The minimum Gasteiger partial charge on any atom is -0.478 e. The predicted octanol–water partition coefficient (Wildman–Crippen LogP) is 1.63. The number of rotatable bonds is 2. The van der Waals surface area contributed by atoms with Crippen LogP contribution in [0, 0.1) is 11.3 Å². The van der Waals surface area contributed by atoms with Crippen molar-refractivity contribution in [2.24, 2.45) is 11.3 Å². The quantitative estimate of drug-likeness (QED) is 0.592. The zero-order chi connectivity index (χ0) is 17.5. The van der Waals surface area contributed by atoms with Crippen LogP contribution >= 0.6 is 0 Å². The number of carboxylic acid groups (broad SMARTS) is 1. The Morgan fingerprint density at radius 3 is 2.43 bits per heavy atom. The summed E-state index contributed by atoms with van der Waals surface area (Å²) in [6, 6.07) is 0. The molecule has 0 aromatic heterocycles. The molecular weight excluding hydrogens is 300 g/mol. The third-order valence-electron chi connectivity index (χ3n) is 5.28. The van der Waals surface area contributed by atoms with Crippen molar-refractivity contribution in [3.05, 3.63) is 22.8 Å². The van der Waals surface area contributed by atoms with Gasteiger partial charge in [-0.3, -0.25) is 9.59 Å². The molecule has 0 radical (unpaired) electrons. The standard InChI is InChI=1S/C17H22O6/c1-8-5-6-13(23-10(3)18)11-7-12(19)14(9(2)16(21)22)15(20)17(8,11)4/h7-8,13,15,20H,5-6H2,1-4H3,(H,21,22)/b14-9+/t8-,13+,15-,17+/m0/s1. The number of esters is 1. The lowest BCUT2D eigenvalue weighted by Crippen LogP contribution is -2.52. The summed E-state index contributed by atoms with van der Waals surface area (Å²) in [5.74, 6) is -2.19. The second kappa shape index (κ2) is 5.92. The number of ether oxygens (including phenoxy) is 1. The van der Waals surface area contributed by atoms with Crippen LogP contribution in [0.5, 0.6) is 0 Å². The summed E-state index contributed by atoms with van der Waals surface area (Å²) in [7, 11) is 0. The van der Waals surface area contributed by atoms with Crippen LogP contribution in [0.2, 0.25) is 0 Å². The Labute approximate surface area is 134 Å². The second-order valence-corrected chi connectivity index (χ2v) is 6.57. The van der Waals surface area contributed by atoms with Crippen molar-refractivity contribution in [1.82, 2.24) is 0 Å². The number of aliphatic hydroxyl groups is 1. The fourth-order valence-corrected chi connectivity index (χ4v) is 3.65. The first-order valence-corrected chi connectivity index (χ1v) is 7.66. The van der Waals surface area contributed by atoms with E-state index in [1.807, 2.05) is 6.92 Å². The molecule has 0 aromatic rings. The number of aliphatic carboxylic acids is 1. The van der Waals surface area contributed by atoms with Crippen molar-refractivity contribution in [2.75, 3.05) is 0 Å². The Balaban J connectivity index is 2.61. The van der Waals surface area contributed by atoms with Crippen LogP contribution in [-0.4, -0.2) is 40.1 Å². The molecule has 1 saturated carbocycles.